The van der Waals surface area contributed by atoms with Crippen LogP contribution in [0.2, 0.25) is 0 Å². The number of nitrogens with zero attached hydrogens (tertiary/aromatic N) is 2. The van der Waals surface area contributed by atoms with Crippen LogP contribution in [0.15, 0.2) is 109 Å². The number of carbonyl (C=O) groups excluding carboxylic acids is 5. The number of allylic oxidation sites excluding steroid dienone is 12. The van der Waals surface area contributed by atoms with Crippen molar-refractivity contribution in [3.8, 4) is 0 Å². The maximum Gasteiger partial charge on any atom is 0.308 e. The Morgan fingerprint density at radius 1 is 0.703 bits per heavy atom. The van der Waals surface area contributed by atoms with Crippen molar-refractivity contribution in [1.82, 2.24) is 20.4 Å². The predicted molar refractivity (Wildman–Crippen MR) is 342 cm³/mol. The summed E-state index contributed by atoms with van der Waals surface area (Å²) in [7, 11) is 8.75. The van der Waals surface area contributed by atoms with Crippen LogP contribution in [0.4, 0.5) is 5.69 Å². The van der Waals surface area contributed by atoms with Crippen LogP contribution in [-0.2, 0) is 38.1 Å². The monoisotopic (exact) mass is 1280 g/mol. The van der Waals surface area contributed by atoms with E-state index in [-0.39, 0.29) is 50.0 Å². The Labute approximate surface area is 535 Å². The fourth-order valence-electron chi connectivity index (χ4n) is 11.3. The molecule has 0 spiro atoms. The molecule has 0 radical (unpaired) electrons. The summed E-state index contributed by atoms with van der Waals surface area (Å²) in [5.41, 5.74) is 1.30. The van der Waals surface area contributed by atoms with Crippen molar-refractivity contribution in [3.63, 3.8) is 0 Å². The number of ether oxygens (including phenoxy) is 4. The van der Waals surface area contributed by atoms with E-state index in [1.807, 2.05) is 38.9 Å². The average Bonchev–Trinajstić information content (AvgIpc) is 0.818. The molecule has 13 N–H and O–H groups in total. The highest BCUT2D eigenvalue weighted by Crippen LogP contribution is 2.38. The minimum Gasteiger partial charge on any atom is -0.461 e. The maximum absolute atomic E-state index is 14.0. The first kappa shape index (κ1) is 77.8. The first-order chi connectivity index (χ1) is 43.1. The smallest absolute Gasteiger partial charge is 0.308 e. The Kier molecular flexibility index (Phi) is 34.0. The van der Waals surface area contributed by atoms with Gasteiger partial charge in [-0.3, -0.25) is 24.0 Å². The van der Waals surface area contributed by atoms with Gasteiger partial charge in [0.2, 0.25) is 11.8 Å². The number of anilines is 1. The van der Waals surface area contributed by atoms with Gasteiger partial charge in [0.15, 0.2) is 17.9 Å². The summed E-state index contributed by atoms with van der Waals surface area (Å²) >= 11 is 0. The van der Waals surface area contributed by atoms with E-state index in [4.69, 9.17) is 18.9 Å². The number of likely N-dealkylation sites (N-methyl/N-ethyl adjacent to an activating group) is 2. The lowest BCUT2D eigenvalue weighted by atomic mass is 9.82. The summed E-state index contributed by atoms with van der Waals surface area (Å²) < 4.78 is 24.6. The Morgan fingerprint density at radius 2 is 1.27 bits per heavy atom. The van der Waals surface area contributed by atoms with Crippen LogP contribution in [-0.4, -0.2) is 243 Å². The predicted octanol–water partition coefficient (Wildman–Crippen LogP) is 2.06. The summed E-state index contributed by atoms with van der Waals surface area (Å²) in [6, 6.07) is 5.68. The van der Waals surface area contributed by atoms with Gasteiger partial charge in [-0.2, -0.15) is 0 Å². The molecule has 510 valence electrons. The summed E-state index contributed by atoms with van der Waals surface area (Å²) in [5.74, 6) is -7.10. The molecule has 2 bridgehead atoms. The number of fused-ring (bicyclic) bond motifs is 2. The summed E-state index contributed by atoms with van der Waals surface area (Å²) in [4.78, 5) is 69.8. The van der Waals surface area contributed by atoms with E-state index in [0.717, 1.165) is 5.69 Å². The molecule has 91 heavy (non-hydrogen) atoms. The molecule has 0 aliphatic carbocycles. The Balaban J connectivity index is 1.62. The number of esters is 1. The molecule has 24 nitrogen and oxygen atoms in total. The molecule has 3 aliphatic rings. The van der Waals surface area contributed by atoms with Crippen molar-refractivity contribution in [2.75, 3.05) is 60.2 Å². The van der Waals surface area contributed by atoms with Gasteiger partial charge in [0.1, 0.15) is 24.1 Å². The molecule has 19 atom stereocenters. The number of rotatable bonds is 17. The summed E-state index contributed by atoms with van der Waals surface area (Å²) in [6.07, 6.45) is 2.19. The lowest BCUT2D eigenvalue weighted by molar-refractivity contribution is -0.307. The minimum absolute atomic E-state index is 0.0513. The van der Waals surface area contributed by atoms with Crippen molar-refractivity contribution < 1.29 is 94.0 Å². The van der Waals surface area contributed by atoms with Crippen LogP contribution < -0.4 is 16.0 Å². The quantitative estimate of drug-likeness (QED) is 0.0784. The summed E-state index contributed by atoms with van der Waals surface area (Å²) in [6.45, 7) is 5.81. The van der Waals surface area contributed by atoms with Crippen molar-refractivity contribution in [3.05, 3.63) is 115 Å². The van der Waals surface area contributed by atoms with E-state index in [1.165, 1.54) is 6.92 Å². The highest BCUT2D eigenvalue weighted by molar-refractivity contribution is 5.96. The first-order valence-corrected chi connectivity index (χ1v) is 31.5. The number of ketones is 2. The fraction of sp³-hybridized carbons (Fsp3) is 0.627. The topological polar surface area (TPSA) is 367 Å². The number of aliphatic hydroxyl groups excluding tert-OH is 9. The molecule has 0 aromatic heterocycles. The highest BCUT2D eigenvalue weighted by atomic mass is 16.7. The lowest BCUT2D eigenvalue weighted by Crippen LogP contribution is -2.64. The zero-order valence-electron chi connectivity index (χ0n) is 53.9. The number of aliphatic hydroxyl groups is 10. The van der Waals surface area contributed by atoms with Gasteiger partial charge < -0.3 is 95.8 Å². The fourth-order valence-corrected chi connectivity index (χ4v) is 11.3. The van der Waals surface area contributed by atoms with Gasteiger partial charge in [0, 0.05) is 75.8 Å². The molecule has 1 aromatic rings. The Hall–Kier alpha value is -5.65. The van der Waals surface area contributed by atoms with Gasteiger partial charge in [-0.05, 0) is 97.4 Å². The average molecular weight is 1280 g/mol. The molecule has 1 aromatic carbocycles. The lowest BCUT2D eigenvalue weighted by Gasteiger charge is -2.46. The molecule has 24 heteroatoms. The third kappa shape index (κ3) is 28.6. The van der Waals surface area contributed by atoms with Gasteiger partial charge in [0.25, 0.3) is 0 Å². The van der Waals surface area contributed by atoms with Gasteiger partial charge in [-0.25, -0.2) is 0 Å². The van der Waals surface area contributed by atoms with Gasteiger partial charge in [-0.1, -0.05) is 98.9 Å². The van der Waals surface area contributed by atoms with Crippen LogP contribution >= 0.6 is 0 Å². The molecule has 4 rings (SSSR count). The van der Waals surface area contributed by atoms with Crippen LogP contribution in [0.25, 0.3) is 0 Å². The molecular formula is C67H103N5O19. The molecule has 3 unspecified atom stereocenters. The minimum atomic E-state index is -2.32. The number of carbonyl (C=O) groups is 5. The normalized spacial score (nSPS) is 34.9. The zero-order chi connectivity index (χ0) is 67.4. The Morgan fingerprint density at radius 3 is 1.87 bits per heavy atom. The first-order valence-electron chi connectivity index (χ1n) is 31.5. The van der Waals surface area contributed by atoms with E-state index in [9.17, 15) is 75.0 Å². The standard InChI is InChI=1S/C67H103N5O19/c1-42-21-19-17-15-13-11-9-10-12-14-16-18-20-22-54(89-66-63(85)61(62(84)44(3)88-66)70-58(82)41-72(7)8)38-57-60(65(86)69-29-30-71(5)6)56(81)40-67(87,91-57)39-53(79)35-51(77)33-49(75)31-48(74)32-50(76)34-52(78)37-59(83)90-64(42)43(2)23-28-47(73)36-55(80)45-24-26-46(68-4)27-25-45/h9-22,24-27,42-44,47-49,51-54,56-57,60-64,66,68,73-75,77-79,81,84-85,87H,23,28-41H2,1-8H3,(H,69,86)(H,70,82)/b10-9+,13-11+,14-12+,17-15+,18-16+,21-19+,22-20+/t42?,43-,44+,47?,48+,49-,51-,52+,53-,54-,56-,57-,60+,61-,62+,63-,64?,66-,67+/m0/s1. The van der Waals surface area contributed by atoms with Crippen molar-refractivity contribution in [2.24, 2.45) is 17.8 Å². The van der Waals surface area contributed by atoms with Crippen molar-refractivity contribution in [1.29, 1.82) is 0 Å². The van der Waals surface area contributed by atoms with Gasteiger partial charge in [-0.15, -0.1) is 0 Å². The van der Waals surface area contributed by atoms with E-state index in [1.54, 1.807) is 129 Å². The second kappa shape index (κ2) is 39.8. The van der Waals surface area contributed by atoms with Crippen molar-refractivity contribution in [2.45, 2.75) is 195 Å². The van der Waals surface area contributed by atoms with E-state index < -0.39 is 178 Å². The van der Waals surface area contributed by atoms with Crippen LogP contribution in [0, 0.1) is 17.8 Å². The SMILES string of the molecule is CNc1ccc(C(=O)CC(O)CC[C@H](C)C2OC(=O)C[C@H](O)CC(=O)C[C@H](O)C[C@H](O)C[C@H](O)C[C@H](O)C[C@]3(O)C[C@H](O)[C@@H](C(=O)NCCN(C)C)[C@H](C[C@@H](O[C@@H]4O[C@H](C)[C@@H](O)[C@H](NC(=O)CN(C)C)[C@@H]4O)/C=C/C=C/C=C/C=C/C=C/C=C/C=C/C2C)O3)cc1. The van der Waals surface area contributed by atoms with E-state index in [0.29, 0.717) is 18.5 Å². The number of amides is 2. The Bertz CT molecular complexity index is 2610. The largest absolute Gasteiger partial charge is 0.461 e. The zero-order valence-corrected chi connectivity index (χ0v) is 53.9. The van der Waals surface area contributed by atoms with Crippen molar-refractivity contribution >= 4 is 35.0 Å². The number of hydrogen-bond acceptors (Lipinski definition) is 22. The van der Waals surface area contributed by atoms with E-state index in [2.05, 4.69) is 16.0 Å². The molecule has 2 fully saturated rings. The van der Waals surface area contributed by atoms with Gasteiger partial charge in [0.05, 0.1) is 86.0 Å². The van der Waals surface area contributed by atoms with E-state index >= 15 is 0 Å². The number of Topliss-reactive ketones (excluding diaryl/α,β-unsaturated/α-hetero) is 2. The van der Waals surface area contributed by atoms with Gasteiger partial charge >= 0.3 is 5.97 Å². The molecule has 3 heterocycles. The number of hydrogen-bond donors (Lipinski definition) is 13. The molecule has 2 saturated heterocycles. The van der Waals surface area contributed by atoms with Crippen LogP contribution in [0.3, 0.4) is 0 Å². The second-order valence-electron chi connectivity index (χ2n) is 24.9. The molecule has 0 saturated carbocycles. The third-order valence-corrected chi connectivity index (χ3v) is 16.0. The molecule has 2 amide bonds. The van der Waals surface area contributed by atoms with Crippen LogP contribution in [0.1, 0.15) is 108 Å². The van der Waals surface area contributed by atoms with Crippen LogP contribution in [0.5, 0.6) is 0 Å². The molecule has 3 aliphatic heterocycles. The second-order valence-corrected chi connectivity index (χ2v) is 24.9. The summed E-state index contributed by atoms with van der Waals surface area (Å²) in [5, 5.41) is 121. The number of benzene rings is 1. The number of cyclic esters (lactones) is 1. The number of nitrogens with one attached hydrogen (secondary N) is 3. The maximum atomic E-state index is 14.0. The third-order valence-electron chi connectivity index (χ3n) is 16.0. The highest BCUT2D eigenvalue weighted by Gasteiger charge is 2.51. The molecular weight excluding hydrogens is 1180 g/mol.